The Bertz CT molecular complexity index is 474. The fourth-order valence-corrected chi connectivity index (χ4v) is 3.67. The Morgan fingerprint density at radius 1 is 1.44 bits per heavy atom. The van der Waals surface area contributed by atoms with Crippen molar-refractivity contribution in [2.24, 2.45) is 5.73 Å². The molecule has 16 heavy (non-hydrogen) atoms. The Hall–Kier alpha value is -0.950. The zero-order chi connectivity index (χ0) is 11.8. The third-order valence-corrected chi connectivity index (χ3v) is 5.18. The molecule has 0 bridgehead atoms. The van der Waals surface area contributed by atoms with Crippen LogP contribution in [0.15, 0.2) is 4.52 Å². The Balaban J connectivity index is 2.48. The first kappa shape index (κ1) is 11.5. The standard InChI is InChI=1S/C9H15N3O3S/c1-16(13,14)9(4-2-3-5-9)8-11-7(6-10)15-12-8/h2-6,10H2,1H3. The van der Waals surface area contributed by atoms with E-state index >= 15 is 0 Å². The smallest absolute Gasteiger partial charge is 0.240 e. The van der Waals surface area contributed by atoms with Gasteiger partial charge in [-0.1, -0.05) is 18.0 Å². The van der Waals surface area contributed by atoms with Gasteiger partial charge in [-0.2, -0.15) is 4.98 Å². The molecule has 1 aliphatic carbocycles. The van der Waals surface area contributed by atoms with E-state index in [0.717, 1.165) is 12.8 Å². The molecule has 1 heterocycles. The van der Waals surface area contributed by atoms with Crippen LogP contribution in [0.25, 0.3) is 0 Å². The highest BCUT2D eigenvalue weighted by Gasteiger charge is 2.48. The SMILES string of the molecule is CS(=O)(=O)C1(c2noc(CN)n2)CCCC1. The summed E-state index contributed by atoms with van der Waals surface area (Å²) < 4.78 is 27.7. The second-order valence-corrected chi connectivity index (χ2v) is 6.52. The monoisotopic (exact) mass is 245 g/mol. The molecule has 0 radical (unpaired) electrons. The lowest BCUT2D eigenvalue weighted by molar-refractivity contribution is 0.366. The van der Waals surface area contributed by atoms with Crippen molar-refractivity contribution in [3.63, 3.8) is 0 Å². The number of nitrogens with zero attached hydrogens (tertiary/aromatic N) is 2. The fourth-order valence-electron chi connectivity index (χ4n) is 2.23. The predicted molar refractivity (Wildman–Crippen MR) is 57.2 cm³/mol. The van der Waals surface area contributed by atoms with E-state index < -0.39 is 14.6 Å². The number of hydrogen-bond donors (Lipinski definition) is 1. The van der Waals surface area contributed by atoms with Gasteiger partial charge in [0.2, 0.25) is 5.89 Å². The molecule has 1 aliphatic rings. The van der Waals surface area contributed by atoms with Gasteiger partial charge in [0, 0.05) is 6.26 Å². The Labute approximate surface area is 94.1 Å². The largest absolute Gasteiger partial charge is 0.338 e. The molecule has 0 atom stereocenters. The lowest BCUT2D eigenvalue weighted by atomic mass is 10.1. The molecule has 0 aliphatic heterocycles. The molecule has 1 aromatic heterocycles. The van der Waals surface area contributed by atoms with Crippen LogP contribution in [0.4, 0.5) is 0 Å². The molecule has 0 amide bonds. The van der Waals surface area contributed by atoms with E-state index in [-0.39, 0.29) is 18.3 Å². The summed E-state index contributed by atoms with van der Waals surface area (Å²) in [6, 6.07) is 0. The summed E-state index contributed by atoms with van der Waals surface area (Å²) in [4.78, 5) is 4.07. The van der Waals surface area contributed by atoms with Gasteiger partial charge in [-0.05, 0) is 12.8 Å². The zero-order valence-electron chi connectivity index (χ0n) is 9.14. The lowest BCUT2D eigenvalue weighted by Gasteiger charge is -2.22. The molecule has 6 nitrogen and oxygen atoms in total. The van der Waals surface area contributed by atoms with Crippen LogP contribution in [0.5, 0.6) is 0 Å². The van der Waals surface area contributed by atoms with Crippen molar-refractivity contribution in [3.8, 4) is 0 Å². The average molecular weight is 245 g/mol. The molecule has 0 unspecified atom stereocenters. The van der Waals surface area contributed by atoms with Gasteiger partial charge >= 0.3 is 0 Å². The Morgan fingerprint density at radius 3 is 2.50 bits per heavy atom. The molecule has 1 aromatic rings. The van der Waals surface area contributed by atoms with Crippen molar-refractivity contribution in [3.05, 3.63) is 11.7 Å². The molecule has 2 N–H and O–H groups in total. The summed E-state index contributed by atoms with van der Waals surface area (Å²) in [5.41, 5.74) is 5.37. The molecular weight excluding hydrogens is 230 g/mol. The maximum Gasteiger partial charge on any atom is 0.240 e. The number of nitrogens with two attached hydrogens (primary N) is 1. The highest BCUT2D eigenvalue weighted by Crippen LogP contribution is 2.43. The van der Waals surface area contributed by atoms with E-state index in [1.54, 1.807) is 0 Å². The van der Waals surface area contributed by atoms with Crippen LogP contribution in [0.1, 0.15) is 37.4 Å². The summed E-state index contributed by atoms with van der Waals surface area (Å²) in [5, 5.41) is 3.76. The van der Waals surface area contributed by atoms with Gasteiger partial charge in [0.05, 0.1) is 6.54 Å². The summed E-state index contributed by atoms with van der Waals surface area (Å²) >= 11 is 0. The van der Waals surface area contributed by atoms with Crippen LogP contribution in [0.3, 0.4) is 0 Å². The first-order chi connectivity index (χ1) is 7.49. The van der Waals surface area contributed by atoms with Gasteiger partial charge < -0.3 is 10.3 Å². The molecule has 2 rings (SSSR count). The van der Waals surface area contributed by atoms with Gasteiger partial charge in [0.1, 0.15) is 4.75 Å². The van der Waals surface area contributed by atoms with Crippen molar-refractivity contribution in [1.82, 2.24) is 10.1 Å². The lowest BCUT2D eigenvalue weighted by Crippen LogP contribution is -2.33. The third kappa shape index (κ3) is 1.63. The van der Waals surface area contributed by atoms with Crippen LogP contribution < -0.4 is 5.73 Å². The molecule has 1 saturated carbocycles. The number of aromatic nitrogens is 2. The maximum atomic E-state index is 11.9. The maximum absolute atomic E-state index is 11.9. The Kier molecular flexibility index (Phi) is 2.75. The quantitative estimate of drug-likeness (QED) is 0.824. The molecule has 0 aromatic carbocycles. The first-order valence-corrected chi connectivity index (χ1v) is 7.11. The van der Waals surface area contributed by atoms with Gasteiger partial charge in [0.15, 0.2) is 15.7 Å². The normalized spacial score (nSPS) is 20.1. The van der Waals surface area contributed by atoms with Crippen LogP contribution in [0.2, 0.25) is 0 Å². The second-order valence-electron chi connectivity index (χ2n) is 4.19. The predicted octanol–water partition coefficient (Wildman–Crippen LogP) is 0.342. The Morgan fingerprint density at radius 2 is 2.06 bits per heavy atom. The van der Waals surface area contributed by atoms with Gasteiger partial charge in [0.25, 0.3) is 0 Å². The molecule has 1 fully saturated rings. The zero-order valence-corrected chi connectivity index (χ0v) is 9.96. The van der Waals surface area contributed by atoms with E-state index in [2.05, 4.69) is 10.1 Å². The second kappa shape index (κ2) is 3.81. The summed E-state index contributed by atoms with van der Waals surface area (Å²) in [7, 11) is -3.24. The van der Waals surface area contributed by atoms with Crippen molar-refractivity contribution >= 4 is 9.84 Å². The van der Waals surface area contributed by atoms with Gasteiger partial charge in [-0.3, -0.25) is 0 Å². The minimum Gasteiger partial charge on any atom is -0.338 e. The van der Waals surface area contributed by atoms with Crippen molar-refractivity contribution in [1.29, 1.82) is 0 Å². The fraction of sp³-hybridized carbons (Fsp3) is 0.778. The number of hydrogen-bond acceptors (Lipinski definition) is 6. The minimum atomic E-state index is -3.24. The van der Waals surface area contributed by atoms with Crippen LogP contribution in [-0.2, 0) is 21.1 Å². The van der Waals surface area contributed by atoms with Crippen molar-refractivity contribution in [2.75, 3.05) is 6.26 Å². The van der Waals surface area contributed by atoms with Crippen molar-refractivity contribution < 1.29 is 12.9 Å². The molecule has 0 spiro atoms. The van der Waals surface area contributed by atoms with Crippen molar-refractivity contribution in [2.45, 2.75) is 37.0 Å². The molecule has 0 saturated heterocycles. The van der Waals surface area contributed by atoms with Crippen LogP contribution in [0, 0.1) is 0 Å². The number of rotatable bonds is 3. The topological polar surface area (TPSA) is 99.1 Å². The highest BCUT2D eigenvalue weighted by molar-refractivity contribution is 7.91. The molecule has 90 valence electrons. The van der Waals surface area contributed by atoms with E-state index in [4.69, 9.17) is 10.3 Å². The van der Waals surface area contributed by atoms with Gasteiger partial charge in [-0.15, -0.1) is 0 Å². The third-order valence-electron chi connectivity index (χ3n) is 3.17. The van der Waals surface area contributed by atoms with Gasteiger partial charge in [-0.25, -0.2) is 8.42 Å². The highest BCUT2D eigenvalue weighted by atomic mass is 32.2. The summed E-state index contributed by atoms with van der Waals surface area (Å²) in [5.74, 6) is 0.554. The van der Waals surface area contributed by atoms with E-state index in [0.29, 0.717) is 12.8 Å². The molecule has 7 heteroatoms. The summed E-state index contributed by atoms with van der Waals surface area (Å²) in [6.07, 6.45) is 4.11. The first-order valence-electron chi connectivity index (χ1n) is 5.22. The van der Waals surface area contributed by atoms with E-state index in [1.807, 2.05) is 0 Å². The van der Waals surface area contributed by atoms with E-state index in [9.17, 15) is 8.42 Å². The average Bonchev–Trinajstić information content (AvgIpc) is 2.86. The van der Waals surface area contributed by atoms with E-state index in [1.165, 1.54) is 6.26 Å². The minimum absolute atomic E-state index is 0.132. The van der Waals surface area contributed by atoms with Crippen LogP contribution >= 0.6 is 0 Å². The molecular formula is C9H15N3O3S. The van der Waals surface area contributed by atoms with Crippen LogP contribution in [-0.4, -0.2) is 24.8 Å². The number of sulfone groups is 1. The summed E-state index contributed by atoms with van der Waals surface area (Å²) in [6.45, 7) is 0.132.